The SMILES string of the molecule is COCCn1c([C@H]2CCCN2C(C)=O)nc2ccccc21. The van der Waals surface area contributed by atoms with Crippen LogP contribution < -0.4 is 0 Å². The molecule has 0 aliphatic carbocycles. The van der Waals surface area contributed by atoms with E-state index < -0.39 is 0 Å². The van der Waals surface area contributed by atoms with Gasteiger partial charge in [0.05, 0.1) is 23.7 Å². The van der Waals surface area contributed by atoms with Crippen LogP contribution in [-0.4, -0.2) is 40.6 Å². The molecular formula is C16H21N3O2. The van der Waals surface area contributed by atoms with E-state index in [9.17, 15) is 4.79 Å². The minimum absolute atomic E-state index is 0.0896. The summed E-state index contributed by atoms with van der Waals surface area (Å²) >= 11 is 0. The summed E-state index contributed by atoms with van der Waals surface area (Å²) in [5, 5.41) is 0. The second-order valence-electron chi connectivity index (χ2n) is 5.47. The van der Waals surface area contributed by atoms with Crippen molar-refractivity contribution in [3.63, 3.8) is 0 Å². The first-order chi connectivity index (χ1) is 10.2. The van der Waals surface area contributed by atoms with E-state index >= 15 is 0 Å². The highest BCUT2D eigenvalue weighted by Gasteiger charge is 2.31. The highest BCUT2D eigenvalue weighted by molar-refractivity contribution is 5.77. The number of benzene rings is 1. The van der Waals surface area contributed by atoms with Gasteiger partial charge in [-0.3, -0.25) is 4.79 Å². The number of carbonyl (C=O) groups excluding carboxylic acids is 1. The van der Waals surface area contributed by atoms with Crippen molar-refractivity contribution < 1.29 is 9.53 Å². The van der Waals surface area contributed by atoms with Crippen molar-refractivity contribution in [1.29, 1.82) is 0 Å². The number of imidazole rings is 1. The van der Waals surface area contributed by atoms with Gasteiger partial charge in [0.2, 0.25) is 5.91 Å². The Morgan fingerprint density at radius 3 is 3.00 bits per heavy atom. The van der Waals surface area contributed by atoms with Crippen LogP contribution in [0.2, 0.25) is 0 Å². The molecule has 1 atom stereocenters. The predicted molar refractivity (Wildman–Crippen MR) is 81.0 cm³/mol. The van der Waals surface area contributed by atoms with Gasteiger partial charge in [-0.1, -0.05) is 12.1 Å². The Kier molecular flexibility index (Phi) is 3.92. The number of amides is 1. The number of hydrogen-bond acceptors (Lipinski definition) is 3. The number of ether oxygens (including phenoxy) is 1. The van der Waals surface area contributed by atoms with Crippen molar-refractivity contribution in [2.75, 3.05) is 20.3 Å². The second-order valence-corrected chi connectivity index (χ2v) is 5.47. The van der Waals surface area contributed by atoms with Gasteiger partial charge in [-0.05, 0) is 25.0 Å². The smallest absolute Gasteiger partial charge is 0.220 e. The van der Waals surface area contributed by atoms with E-state index in [4.69, 9.17) is 9.72 Å². The lowest BCUT2D eigenvalue weighted by Crippen LogP contribution is -2.30. The van der Waals surface area contributed by atoms with Crippen LogP contribution in [0, 0.1) is 0 Å². The first kappa shape index (κ1) is 14.1. The Morgan fingerprint density at radius 2 is 2.24 bits per heavy atom. The summed E-state index contributed by atoms with van der Waals surface area (Å²) in [6.45, 7) is 3.86. The Bertz CT molecular complexity index is 650. The molecule has 1 amide bonds. The van der Waals surface area contributed by atoms with Crippen molar-refractivity contribution in [3.8, 4) is 0 Å². The maximum atomic E-state index is 11.8. The number of likely N-dealkylation sites (tertiary alicyclic amines) is 1. The van der Waals surface area contributed by atoms with Gasteiger partial charge in [-0.15, -0.1) is 0 Å². The number of fused-ring (bicyclic) bond motifs is 1. The molecule has 2 heterocycles. The van der Waals surface area contributed by atoms with Gasteiger partial charge < -0.3 is 14.2 Å². The third kappa shape index (κ3) is 2.53. The molecule has 5 heteroatoms. The largest absolute Gasteiger partial charge is 0.383 e. The van der Waals surface area contributed by atoms with Crippen molar-refractivity contribution in [2.45, 2.75) is 32.4 Å². The zero-order valence-corrected chi connectivity index (χ0v) is 12.6. The fraction of sp³-hybridized carbons (Fsp3) is 0.500. The highest BCUT2D eigenvalue weighted by Crippen LogP contribution is 2.33. The molecule has 1 aliphatic heterocycles. The van der Waals surface area contributed by atoms with Gasteiger partial charge in [0.1, 0.15) is 5.82 Å². The number of para-hydroxylation sites is 2. The van der Waals surface area contributed by atoms with Crippen LogP contribution in [0.25, 0.3) is 11.0 Å². The van der Waals surface area contributed by atoms with Crippen LogP contribution in [0.5, 0.6) is 0 Å². The number of nitrogens with zero attached hydrogens (tertiary/aromatic N) is 3. The Hall–Kier alpha value is -1.88. The summed E-state index contributed by atoms with van der Waals surface area (Å²) in [5.41, 5.74) is 2.10. The number of rotatable bonds is 4. The molecule has 0 unspecified atom stereocenters. The molecule has 5 nitrogen and oxygen atoms in total. The van der Waals surface area contributed by atoms with Gasteiger partial charge >= 0.3 is 0 Å². The maximum absolute atomic E-state index is 11.8. The number of methoxy groups -OCH3 is 1. The summed E-state index contributed by atoms with van der Waals surface area (Å²) < 4.78 is 7.43. The van der Waals surface area contributed by atoms with Crippen molar-refractivity contribution in [1.82, 2.24) is 14.5 Å². The van der Waals surface area contributed by atoms with Crippen LogP contribution >= 0.6 is 0 Å². The average molecular weight is 287 g/mol. The van der Waals surface area contributed by atoms with Gasteiger partial charge in [0.25, 0.3) is 0 Å². The van der Waals surface area contributed by atoms with Gasteiger partial charge in [0, 0.05) is 27.1 Å². The Labute approximate surface area is 124 Å². The maximum Gasteiger partial charge on any atom is 0.220 e. The van der Waals surface area contributed by atoms with Crippen LogP contribution in [0.3, 0.4) is 0 Å². The van der Waals surface area contributed by atoms with Crippen molar-refractivity contribution in [2.24, 2.45) is 0 Å². The van der Waals surface area contributed by atoms with Crippen LogP contribution in [0.4, 0.5) is 0 Å². The van der Waals surface area contributed by atoms with Gasteiger partial charge in [0.15, 0.2) is 0 Å². The second kappa shape index (κ2) is 5.85. The lowest BCUT2D eigenvalue weighted by atomic mass is 10.2. The normalized spacial score (nSPS) is 18.6. The molecule has 1 fully saturated rings. The minimum Gasteiger partial charge on any atom is -0.383 e. The fourth-order valence-electron chi connectivity index (χ4n) is 3.18. The lowest BCUT2D eigenvalue weighted by molar-refractivity contribution is -0.129. The Morgan fingerprint density at radius 1 is 1.43 bits per heavy atom. The van der Waals surface area contributed by atoms with Crippen LogP contribution in [-0.2, 0) is 16.1 Å². The summed E-state index contributed by atoms with van der Waals surface area (Å²) in [6.07, 6.45) is 2.02. The zero-order valence-electron chi connectivity index (χ0n) is 12.6. The van der Waals surface area contributed by atoms with E-state index in [1.54, 1.807) is 14.0 Å². The minimum atomic E-state index is 0.0896. The van der Waals surface area contributed by atoms with E-state index in [0.29, 0.717) is 6.61 Å². The van der Waals surface area contributed by atoms with Gasteiger partial charge in [-0.2, -0.15) is 0 Å². The van der Waals surface area contributed by atoms with E-state index in [2.05, 4.69) is 10.6 Å². The molecule has 1 saturated heterocycles. The number of hydrogen-bond donors (Lipinski definition) is 0. The molecule has 0 spiro atoms. The first-order valence-electron chi connectivity index (χ1n) is 7.43. The number of aromatic nitrogens is 2. The van der Waals surface area contributed by atoms with Crippen molar-refractivity contribution in [3.05, 3.63) is 30.1 Å². The van der Waals surface area contributed by atoms with Crippen LogP contribution in [0.15, 0.2) is 24.3 Å². The monoisotopic (exact) mass is 287 g/mol. The van der Waals surface area contributed by atoms with Gasteiger partial charge in [-0.25, -0.2) is 4.98 Å². The summed E-state index contributed by atoms with van der Waals surface area (Å²) in [7, 11) is 1.70. The molecule has 2 aromatic rings. The summed E-state index contributed by atoms with van der Waals surface area (Å²) in [4.78, 5) is 18.6. The van der Waals surface area contributed by atoms with E-state index in [1.807, 2.05) is 23.1 Å². The first-order valence-corrected chi connectivity index (χ1v) is 7.43. The number of carbonyl (C=O) groups is 1. The molecule has 3 rings (SSSR count). The van der Waals surface area contributed by atoms with E-state index in [-0.39, 0.29) is 11.9 Å². The van der Waals surface area contributed by atoms with E-state index in [1.165, 1.54) is 0 Å². The lowest BCUT2D eigenvalue weighted by Gasteiger charge is -2.23. The predicted octanol–water partition coefficient (Wildman–Crippen LogP) is 2.37. The summed E-state index contributed by atoms with van der Waals surface area (Å²) in [5.74, 6) is 1.11. The average Bonchev–Trinajstić information content (AvgIpc) is 3.09. The zero-order chi connectivity index (χ0) is 14.8. The summed E-state index contributed by atoms with van der Waals surface area (Å²) in [6, 6.07) is 8.21. The fourth-order valence-corrected chi connectivity index (χ4v) is 3.18. The molecule has 21 heavy (non-hydrogen) atoms. The molecular weight excluding hydrogens is 266 g/mol. The van der Waals surface area contributed by atoms with E-state index in [0.717, 1.165) is 42.8 Å². The quantitative estimate of drug-likeness (QED) is 0.867. The molecule has 0 radical (unpaired) electrons. The highest BCUT2D eigenvalue weighted by atomic mass is 16.5. The Balaban J connectivity index is 2.06. The molecule has 0 N–H and O–H groups in total. The molecule has 0 bridgehead atoms. The molecule has 0 saturated carbocycles. The molecule has 1 aromatic heterocycles. The standard InChI is InChI=1S/C16H21N3O2/c1-12(20)18-9-5-8-15(18)16-17-13-6-3-4-7-14(13)19(16)10-11-21-2/h3-4,6-7,15H,5,8-11H2,1-2H3/t15-/m1/s1. The molecule has 1 aliphatic rings. The molecule has 1 aromatic carbocycles. The topological polar surface area (TPSA) is 47.4 Å². The third-order valence-corrected chi connectivity index (χ3v) is 4.16. The van der Waals surface area contributed by atoms with Crippen LogP contribution in [0.1, 0.15) is 31.6 Å². The molecule has 112 valence electrons. The third-order valence-electron chi connectivity index (χ3n) is 4.16. The van der Waals surface area contributed by atoms with Crippen molar-refractivity contribution >= 4 is 16.9 Å².